The third-order valence-electron chi connectivity index (χ3n) is 5.31. The van der Waals surface area contributed by atoms with Crippen LogP contribution in [-0.2, 0) is 30.4 Å². The van der Waals surface area contributed by atoms with Gasteiger partial charge in [-0.05, 0) is 23.8 Å². The summed E-state index contributed by atoms with van der Waals surface area (Å²) in [5.74, 6) is -0.998. The van der Waals surface area contributed by atoms with Crippen LogP contribution in [0.3, 0.4) is 0 Å². The molecule has 1 atom stereocenters. The first-order valence-corrected chi connectivity index (χ1v) is 10.6. The van der Waals surface area contributed by atoms with Crippen molar-refractivity contribution < 1.29 is 28.6 Å². The van der Waals surface area contributed by atoms with Crippen molar-refractivity contribution in [2.75, 3.05) is 6.54 Å². The maximum Gasteiger partial charge on any atom is 0.410 e. The number of hydrogen-bond acceptors (Lipinski definition) is 6. The van der Waals surface area contributed by atoms with E-state index >= 15 is 0 Å². The fraction of sp³-hybridized carbons (Fsp3) is 0.609. The van der Waals surface area contributed by atoms with Gasteiger partial charge in [0, 0.05) is 13.5 Å². The highest BCUT2D eigenvalue weighted by atomic mass is 16.7. The standard InChI is InChI=1S/C23H33NO6/c1-17(2)21(26)29-18(3)30-22(27)24-16-23(12-8-5-9-13-23)14-20(25)28-15-19-10-6-4-7-11-19/h4,6-7,10-11,17-18H,5,8-9,12-16H2,1-3H3,(H,24,27). The highest BCUT2D eigenvalue weighted by Gasteiger charge is 2.35. The summed E-state index contributed by atoms with van der Waals surface area (Å²) in [6, 6.07) is 9.54. The predicted octanol–water partition coefficient (Wildman–Crippen LogP) is 4.34. The van der Waals surface area contributed by atoms with E-state index in [1.165, 1.54) is 6.92 Å². The number of carbonyl (C=O) groups excluding carboxylic acids is 3. The van der Waals surface area contributed by atoms with Gasteiger partial charge in [0.1, 0.15) is 6.61 Å². The molecule has 0 aliphatic heterocycles. The molecule has 1 saturated carbocycles. The first-order chi connectivity index (χ1) is 14.3. The average Bonchev–Trinajstić information content (AvgIpc) is 2.72. The maximum absolute atomic E-state index is 12.5. The summed E-state index contributed by atoms with van der Waals surface area (Å²) >= 11 is 0. The molecular formula is C23H33NO6. The summed E-state index contributed by atoms with van der Waals surface area (Å²) in [6.45, 7) is 5.47. The number of alkyl carbamates (subject to hydrolysis) is 1. The van der Waals surface area contributed by atoms with Gasteiger partial charge in [-0.3, -0.25) is 9.59 Å². The van der Waals surface area contributed by atoms with Crippen LogP contribution in [0, 0.1) is 11.3 Å². The van der Waals surface area contributed by atoms with Crippen molar-refractivity contribution in [1.82, 2.24) is 5.32 Å². The Balaban J connectivity index is 1.84. The number of carbonyl (C=O) groups is 3. The second-order valence-electron chi connectivity index (χ2n) is 8.30. The van der Waals surface area contributed by atoms with Crippen molar-refractivity contribution in [3.63, 3.8) is 0 Å². The highest BCUT2D eigenvalue weighted by Crippen LogP contribution is 2.39. The van der Waals surface area contributed by atoms with Gasteiger partial charge in [0.25, 0.3) is 0 Å². The minimum absolute atomic E-state index is 0.240. The van der Waals surface area contributed by atoms with E-state index in [1.54, 1.807) is 13.8 Å². The van der Waals surface area contributed by atoms with Crippen molar-refractivity contribution >= 4 is 18.0 Å². The first kappa shape index (κ1) is 23.7. The van der Waals surface area contributed by atoms with Crippen LogP contribution in [0.4, 0.5) is 4.79 Å². The van der Waals surface area contributed by atoms with Crippen LogP contribution in [0.5, 0.6) is 0 Å². The van der Waals surface area contributed by atoms with Crippen LogP contribution in [0.1, 0.15) is 64.9 Å². The van der Waals surface area contributed by atoms with Gasteiger partial charge in [-0.1, -0.05) is 63.4 Å². The molecule has 0 radical (unpaired) electrons. The molecule has 0 spiro atoms. The van der Waals surface area contributed by atoms with Crippen molar-refractivity contribution in [2.24, 2.45) is 11.3 Å². The highest BCUT2D eigenvalue weighted by molar-refractivity contribution is 5.72. The molecule has 1 N–H and O–H groups in total. The minimum Gasteiger partial charge on any atom is -0.461 e. The van der Waals surface area contributed by atoms with Gasteiger partial charge in [0.05, 0.1) is 12.3 Å². The smallest absolute Gasteiger partial charge is 0.410 e. The summed E-state index contributed by atoms with van der Waals surface area (Å²) in [5.41, 5.74) is 0.596. The normalized spacial score (nSPS) is 16.4. The van der Waals surface area contributed by atoms with Crippen LogP contribution < -0.4 is 5.32 Å². The Morgan fingerprint density at radius 2 is 1.67 bits per heavy atom. The fourth-order valence-corrected chi connectivity index (χ4v) is 3.59. The molecule has 0 aromatic heterocycles. The number of hydrogen-bond donors (Lipinski definition) is 1. The number of benzene rings is 1. The van der Waals surface area contributed by atoms with Crippen molar-refractivity contribution in [1.29, 1.82) is 0 Å². The third-order valence-corrected chi connectivity index (χ3v) is 5.31. The molecule has 7 nitrogen and oxygen atoms in total. The molecule has 1 aromatic carbocycles. The van der Waals surface area contributed by atoms with Crippen molar-refractivity contribution in [3.05, 3.63) is 35.9 Å². The molecule has 1 aromatic rings. The van der Waals surface area contributed by atoms with Gasteiger partial charge in [-0.2, -0.15) is 0 Å². The lowest BCUT2D eigenvalue weighted by molar-refractivity contribution is -0.168. The molecule has 1 aliphatic rings. The number of amides is 1. The van der Waals surface area contributed by atoms with Gasteiger partial charge in [0.2, 0.25) is 6.29 Å². The van der Waals surface area contributed by atoms with Crippen LogP contribution >= 0.6 is 0 Å². The van der Waals surface area contributed by atoms with Crippen LogP contribution in [0.2, 0.25) is 0 Å². The first-order valence-electron chi connectivity index (χ1n) is 10.6. The second-order valence-corrected chi connectivity index (χ2v) is 8.30. The van der Waals surface area contributed by atoms with Crippen molar-refractivity contribution in [3.8, 4) is 0 Å². The summed E-state index contributed by atoms with van der Waals surface area (Å²) in [5, 5.41) is 2.75. The molecule has 1 unspecified atom stereocenters. The molecule has 1 amide bonds. The van der Waals surface area contributed by atoms with Gasteiger partial charge in [-0.25, -0.2) is 4.79 Å². The molecule has 0 heterocycles. The molecule has 2 rings (SSSR count). The second kappa shape index (κ2) is 11.6. The molecule has 0 saturated heterocycles. The summed E-state index contributed by atoms with van der Waals surface area (Å²) in [4.78, 5) is 36.2. The zero-order valence-electron chi connectivity index (χ0n) is 18.1. The van der Waals surface area contributed by atoms with E-state index in [2.05, 4.69) is 5.32 Å². The van der Waals surface area contributed by atoms with E-state index in [0.29, 0.717) is 6.54 Å². The number of esters is 2. The summed E-state index contributed by atoms with van der Waals surface area (Å²) < 4.78 is 15.6. The van der Waals surface area contributed by atoms with E-state index in [1.807, 2.05) is 30.3 Å². The van der Waals surface area contributed by atoms with E-state index < -0.39 is 18.4 Å². The number of rotatable bonds is 9. The van der Waals surface area contributed by atoms with E-state index in [4.69, 9.17) is 14.2 Å². The molecule has 30 heavy (non-hydrogen) atoms. The van der Waals surface area contributed by atoms with E-state index in [0.717, 1.165) is 37.7 Å². The third kappa shape index (κ3) is 8.05. The van der Waals surface area contributed by atoms with Crippen LogP contribution in [0.25, 0.3) is 0 Å². The monoisotopic (exact) mass is 419 g/mol. The van der Waals surface area contributed by atoms with E-state index in [9.17, 15) is 14.4 Å². The Labute approximate surface area is 178 Å². The van der Waals surface area contributed by atoms with Gasteiger partial charge in [-0.15, -0.1) is 0 Å². The lowest BCUT2D eigenvalue weighted by atomic mass is 9.71. The minimum atomic E-state index is -0.974. The maximum atomic E-state index is 12.5. The Kier molecular flexibility index (Phi) is 9.15. The molecular weight excluding hydrogens is 386 g/mol. The number of nitrogens with one attached hydrogen (secondary N) is 1. The fourth-order valence-electron chi connectivity index (χ4n) is 3.59. The predicted molar refractivity (Wildman–Crippen MR) is 111 cm³/mol. The Bertz CT molecular complexity index is 697. The molecule has 0 bridgehead atoms. The zero-order valence-corrected chi connectivity index (χ0v) is 18.1. The van der Waals surface area contributed by atoms with Gasteiger partial charge >= 0.3 is 18.0 Å². The molecule has 1 aliphatic carbocycles. The van der Waals surface area contributed by atoms with Crippen LogP contribution in [-0.4, -0.2) is 30.9 Å². The summed E-state index contributed by atoms with van der Waals surface area (Å²) in [7, 11) is 0. The van der Waals surface area contributed by atoms with Gasteiger partial charge < -0.3 is 19.5 Å². The SMILES string of the molecule is CC(OC(=O)NCC1(CC(=O)OCc2ccccc2)CCCCC1)OC(=O)C(C)C. The van der Waals surface area contributed by atoms with E-state index in [-0.39, 0.29) is 30.3 Å². The van der Waals surface area contributed by atoms with Gasteiger partial charge in [0.15, 0.2) is 0 Å². The largest absolute Gasteiger partial charge is 0.461 e. The van der Waals surface area contributed by atoms with Crippen LogP contribution in [0.15, 0.2) is 30.3 Å². The quantitative estimate of drug-likeness (QED) is 0.473. The zero-order chi connectivity index (χ0) is 22.0. The molecule has 1 fully saturated rings. The molecule has 166 valence electrons. The summed E-state index contributed by atoms with van der Waals surface area (Å²) in [6.07, 6.45) is 3.42. The average molecular weight is 420 g/mol. The topological polar surface area (TPSA) is 90.9 Å². The Hall–Kier alpha value is -2.57. The Morgan fingerprint density at radius 3 is 2.30 bits per heavy atom. The lowest BCUT2D eigenvalue weighted by Crippen LogP contribution is -2.42. The molecule has 7 heteroatoms. The lowest BCUT2D eigenvalue weighted by Gasteiger charge is -2.36. The van der Waals surface area contributed by atoms with Crippen molar-refractivity contribution in [2.45, 2.75) is 72.2 Å². The Morgan fingerprint density at radius 1 is 1.00 bits per heavy atom. The number of ether oxygens (including phenoxy) is 3.